The zero-order valence-corrected chi connectivity index (χ0v) is 33.5. The van der Waals surface area contributed by atoms with Crippen LogP contribution >= 0.6 is 0 Å². The minimum absolute atomic E-state index is 0.131. The van der Waals surface area contributed by atoms with Crippen molar-refractivity contribution in [1.82, 2.24) is 0 Å². The third-order valence-corrected chi connectivity index (χ3v) is 11.6. The van der Waals surface area contributed by atoms with Crippen molar-refractivity contribution in [2.75, 3.05) is 38.3 Å². The summed E-state index contributed by atoms with van der Waals surface area (Å²) >= 11 is 0. The molecule has 0 amide bonds. The number of methoxy groups -OCH3 is 1. The van der Waals surface area contributed by atoms with E-state index in [1.807, 2.05) is 12.1 Å². The first-order chi connectivity index (χ1) is 27.2. The predicted octanol–water partition coefficient (Wildman–Crippen LogP) is 10.6. The molecule has 0 radical (unpaired) electrons. The van der Waals surface area contributed by atoms with Gasteiger partial charge >= 0.3 is 0 Å². The molecule has 7 rings (SSSR count). The van der Waals surface area contributed by atoms with Crippen molar-refractivity contribution in [2.24, 2.45) is 0 Å². The Morgan fingerprint density at radius 3 is 2.02 bits per heavy atom. The number of aliphatic hydroxyl groups is 1. The SMILES string of the molecule is COc1cccc(C(OCCC[N+]2=C(/C=C/C=C/C=C3/N(CCCO)c4ccccc4C3(C)C)C(C)(C)c3ccccc32)(c2ccccc2)c2ccccc2)c1. The van der Waals surface area contributed by atoms with E-state index in [0.717, 1.165) is 48.4 Å². The molecule has 5 heteroatoms. The third-order valence-electron chi connectivity index (χ3n) is 11.6. The number of para-hydroxylation sites is 2. The van der Waals surface area contributed by atoms with Crippen molar-refractivity contribution >= 4 is 17.1 Å². The van der Waals surface area contributed by atoms with Crippen molar-refractivity contribution < 1.29 is 19.2 Å². The first kappa shape index (κ1) is 38.8. The molecule has 5 aromatic carbocycles. The van der Waals surface area contributed by atoms with Crippen LogP contribution in [0.5, 0.6) is 5.75 Å². The van der Waals surface area contributed by atoms with Gasteiger partial charge in [-0.3, -0.25) is 0 Å². The molecule has 1 N–H and O–H groups in total. The molecular weight excluding hydrogens is 689 g/mol. The second kappa shape index (κ2) is 16.7. The van der Waals surface area contributed by atoms with E-state index in [4.69, 9.17) is 9.47 Å². The number of rotatable bonds is 15. The number of nitrogens with zero attached hydrogens (tertiary/aromatic N) is 2. The molecule has 2 aliphatic heterocycles. The van der Waals surface area contributed by atoms with E-state index in [-0.39, 0.29) is 17.4 Å². The number of benzene rings is 5. The zero-order valence-electron chi connectivity index (χ0n) is 33.5. The van der Waals surface area contributed by atoms with E-state index in [9.17, 15) is 5.11 Å². The molecule has 286 valence electrons. The predicted molar refractivity (Wildman–Crippen MR) is 230 cm³/mol. The van der Waals surface area contributed by atoms with Crippen LogP contribution in [-0.4, -0.2) is 48.8 Å². The maximum atomic E-state index is 9.65. The zero-order chi connectivity index (χ0) is 39.2. The molecule has 5 nitrogen and oxygen atoms in total. The standard InChI is InChI=1S/C51H55N2O3/c1-49(2)43-28-15-17-30-45(43)52(34-20-36-54)47(49)32-13-8-14-33-48-50(3,4)44-29-16-18-31-46(44)53(48)35-21-37-56-51(39-22-9-6-10-23-39,40-24-11-7-12-25-40)41-26-19-27-42(38-41)55-5/h6-19,22-33,38,54H,20-21,34-37H2,1-5H3/q+1. The largest absolute Gasteiger partial charge is 0.497 e. The molecule has 2 heterocycles. The summed E-state index contributed by atoms with van der Waals surface area (Å²) in [5, 5.41) is 9.65. The van der Waals surface area contributed by atoms with Gasteiger partial charge in [-0.15, -0.1) is 0 Å². The Bertz CT molecular complexity index is 2210. The van der Waals surface area contributed by atoms with Crippen LogP contribution in [0, 0.1) is 0 Å². The van der Waals surface area contributed by atoms with Gasteiger partial charge in [0.05, 0.1) is 19.1 Å². The number of hydrogen-bond acceptors (Lipinski definition) is 4. The Morgan fingerprint density at radius 2 is 1.32 bits per heavy atom. The lowest BCUT2D eigenvalue weighted by Gasteiger charge is -2.36. The number of hydrogen-bond donors (Lipinski definition) is 1. The Kier molecular flexibility index (Phi) is 11.6. The van der Waals surface area contributed by atoms with Crippen molar-refractivity contribution in [3.8, 4) is 5.75 Å². The summed E-state index contributed by atoms with van der Waals surface area (Å²) in [4.78, 5) is 2.37. The highest BCUT2D eigenvalue weighted by Gasteiger charge is 2.44. The van der Waals surface area contributed by atoms with Crippen molar-refractivity contribution in [3.05, 3.63) is 197 Å². The van der Waals surface area contributed by atoms with E-state index in [1.54, 1.807) is 7.11 Å². The van der Waals surface area contributed by atoms with E-state index in [2.05, 4.69) is 189 Å². The van der Waals surface area contributed by atoms with Gasteiger partial charge in [-0.1, -0.05) is 141 Å². The average molecular weight is 744 g/mol. The highest BCUT2D eigenvalue weighted by Crippen LogP contribution is 2.48. The maximum absolute atomic E-state index is 9.65. The quantitative estimate of drug-likeness (QED) is 0.0502. The van der Waals surface area contributed by atoms with Gasteiger partial charge in [-0.2, -0.15) is 4.58 Å². The molecule has 0 saturated heterocycles. The Morgan fingerprint density at radius 1 is 0.679 bits per heavy atom. The fraction of sp³-hybridized carbons (Fsp3) is 0.275. The normalized spacial score (nSPS) is 16.6. The van der Waals surface area contributed by atoms with Gasteiger partial charge in [0, 0.05) is 54.1 Å². The monoisotopic (exact) mass is 743 g/mol. The molecule has 0 saturated carbocycles. The first-order valence-corrected chi connectivity index (χ1v) is 19.9. The van der Waals surface area contributed by atoms with Crippen molar-refractivity contribution in [2.45, 2.75) is 57.0 Å². The summed E-state index contributed by atoms with van der Waals surface area (Å²) in [7, 11) is 1.71. The minimum Gasteiger partial charge on any atom is -0.497 e. The van der Waals surface area contributed by atoms with Gasteiger partial charge in [-0.25, -0.2) is 0 Å². The van der Waals surface area contributed by atoms with E-state index in [1.165, 1.54) is 33.9 Å². The molecule has 5 aromatic rings. The molecule has 0 aromatic heterocycles. The number of anilines is 1. The van der Waals surface area contributed by atoms with Crippen LogP contribution in [-0.2, 0) is 21.2 Å². The van der Waals surface area contributed by atoms with Crippen LogP contribution in [0.15, 0.2) is 170 Å². The molecule has 0 bridgehead atoms. The molecule has 2 aliphatic rings. The van der Waals surface area contributed by atoms with Crippen LogP contribution in [0.3, 0.4) is 0 Å². The summed E-state index contributed by atoms with van der Waals surface area (Å²) in [6, 6.07) is 46.8. The van der Waals surface area contributed by atoms with Crippen LogP contribution in [0.25, 0.3) is 0 Å². The summed E-state index contributed by atoms with van der Waals surface area (Å²) in [6.45, 7) is 11.5. The van der Waals surface area contributed by atoms with Gasteiger partial charge in [0.2, 0.25) is 5.69 Å². The lowest BCUT2D eigenvalue weighted by atomic mass is 9.80. The third kappa shape index (κ3) is 7.30. The lowest BCUT2D eigenvalue weighted by Crippen LogP contribution is -2.34. The Balaban J connectivity index is 1.17. The summed E-state index contributed by atoms with van der Waals surface area (Å²) < 4.78 is 15.4. The van der Waals surface area contributed by atoms with Crippen LogP contribution in [0.4, 0.5) is 11.4 Å². The fourth-order valence-electron chi connectivity index (χ4n) is 8.74. The summed E-state index contributed by atoms with van der Waals surface area (Å²) in [6.07, 6.45) is 12.5. The highest BCUT2D eigenvalue weighted by molar-refractivity contribution is 6.03. The number of ether oxygens (including phenoxy) is 2. The van der Waals surface area contributed by atoms with Gasteiger partial charge in [-0.05, 0) is 66.8 Å². The van der Waals surface area contributed by atoms with Crippen LogP contribution in [0.2, 0.25) is 0 Å². The summed E-state index contributed by atoms with van der Waals surface area (Å²) in [5.74, 6) is 0.797. The number of allylic oxidation sites excluding steroid dienone is 6. The fourth-order valence-corrected chi connectivity index (χ4v) is 8.74. The Hall–Kier alpha value is -5.49. The van der Waals surface area contributed by atoms with E-state index >= 15 is 0 Å². The number of aliphatic hydroxyl groups excluding tert-OH is 1. The maximum Gasteiger partial charge on any atom is 0.209 e. The molecular formula is C51H55N2O3+. The topological polar surface area (TPSA) is 44.9 Å². The van der Waals surface area contributed by atoms with E-state index in [0.29, 0.717) is 6.61 Å². The second-order valence-corrected chi connectivity index (χ2v) is 15.7. The molecule has 56 heavy (non-hydrogen) atoms. The smallest absolute Gasteiger partial charge is 0.209 e. The van der Waals surface area contributed by atoms with Crippen molar-refractivity contribution in [3.63, 3.8) is 0 Å². The first-order valence-electron chi connectivity index (χ1n) is 19.9. The van der Waals surface area contributed by atoms with E-state index < -0.39 is 5.60 Å². The minimum atomic E-state index is -0.825. The molecule has 0 spiro atoms. The van der Waals surface area contributed by atoms with Gasteiger partial charge in [0.25, 0.3) is 0 Å². The van der Waals surface area contributed by atoms with Crippen LogP contribution in [0.1, 0.15) is 68.4 Å². The van der Waals surface area contributed by atoms with Gasteiger partial charge in [0.1, 0.15) is 11.4 Å². The highest BCUT2D eigenvalue weighted by atomic mass is 16.5. The average Bonchev–Trinajstić information content (AvgIpc) is 3.58. The van der Waals surface area contributed by atoms with Gasteiger partial charge < -0.3 is 19.5 Å². The Labute approximate surface area is 333 Å². The lowest BCUT2D eigenvalue weighted by molar-refractivity contribution is -0.439. The second-order valence-electron chi connectivity index (χ2n) is 15.7. The molecule has 0 unspecified atom stereocenters. The van der Waals surface area contributed by atoms with Gasteiger partial charge in [0.15, 0.2) is 12.3 Å². The number of fused-ring (bicyclic) bond motifs is 2. The summed E-state index contributed by atoms with van der Waals surface area (Å²) in [5.41, 5.74) is 9.69. The molecule has 0 atom stereocenters. The van der Waals surface area contributed by atoms with Crippen LogP contribution < -0.4 is 9.64 Å². The molecule has 0 fully saturated rings. The van der Waals surface area contributed by atoms with Crippen molar-refractivity contribution in [1.29, 1.82) is 0 Å². The molecule has 0 aliphatic carbocycles.